The maximum absolute atomic E-state index is 7.56. The van der Waals surface area contributed by atoms with Crippen molar-refractivity contribution in [2.75, 3.05) is 0 Å². The molecule has 0 radical (unpaired) electrons. The van der Waals surface area contributed by atoms with Crippen molar-refractivity contribution in [1.29, 1.82) is 0 Å². The smallest absolute Gasteiger partial charge is 0.0877 e. The van der Waals surface area contributed by atoms with Crippen molar-refractivity contribution in [3.63, 3.8) is 0 Å². The molecule has 0 amide bonds. The molecule has 0 aromatic carbocycles. The van der Waals surface area contributed by atoms with Crippen molar-refractivity contribution in [3.8, 4) is 0 Å². The molecule has 0 aliphatic heterocycles. The summed E-state index contributed by atoms with van der Waals surface area (Å²) in [6.45, 7) is 0. The molecule has 0 aliphatic carbocycles. The van der Waals surface area contributed by atoms with Gasteiger partial charge in [0.15, 0.2) is 0 Å². The Bertz CT molecular complexity index is 59.3. The molecule has 0 atom stereocenters. The molecule has 0 aromatic rings. The molecule has 0 unspecified atom stereocenters. The second kappa shape index (κ2) is 8.86. The fraction of sp³-hybridized carbons (Fsp3) is 0. The first-order chi connectivity index (χ1) is 2.91. The van der Waals surface area contributed by atoms with Crippen molar-refractivity contribution in [3.05, 3.63) is 0 Å². The molecule has 0 aliphatic rings. The molecular weight excluding hydrogens is 100 g/mol. The van der Waals surface area contributed by atoms with Crippen molar-refractivity contribution in [2.24, 2.45) is 10.3 Å². The summed E-state index contributed by atoms with van der Waals surface area (Å²) in [5.74, 6) is 0. The van der Waals surface area contributed by atoms with Crippen LogP contribution < -0.4 is 0 Å². The Morgan fingerprint density at radius 1 is 1.00 bits per heavy atom. The van der Waals surface area contributed by atoms with Crippen LogP contribution in [0.15, 0.2) is 10.3 Å². The third kappa shape index (κ3) is 11.4. The quantitative estimate of drug-likeness (QED) is 0.257. The largest absolute Gasteiger partial charge is 0.412 e. The van der Waals surface area contributed by atoms with E-state index in [0.29, 0.717) is 0 Å². The molecular formula is C2H6N2O3. The van der Waals surface area contributed by atoms with Gasteiger partial charge in [0.25, 0.3) is 0 Å². The van der Waals surface area contributed by atoms with E-state index in [9.17, 15) is 0 Å². The van der Waals surface area contributed by atoms with Gasteiger partial charge in [0, 0.05) is 0 Å². The van der Waals surface area contributed by atoms with Gasteiger partial charge in [-0.1, -0.05) is 10.3 Å². The standard InChI is InChI=1S/C2H4N2O2.H2O/c5-3-1-2-4-6;/h1-2,5-6H;1H2. The van der Waals surface area contributed by atoms with Gasteiger partial charge in [-0.05, 0) is 0 Å². The lowest BCUT2D eigenvalue weighted by Crippen LogP contribution is -1.70. The molecule has 0 fully saturated rings. The van der Waals surface area contributed by atoms with Crippen LogP contribution >= 0.6 is 0 Å². The highest BCUT2D eigenvalue weighted by Crippen LogP contribution is 1.45. The van der Waals surface area contributed by atoms with Crippen molar-refractivity contribution < 1.29 is 15.9 Å². The number of oxime groups is 2. The highest BCUT2D eigenvalue weighted by molar-refractivity contribution is 6.15. The summed E-state index contributed by atoms with van der Waals surface area (Å²) < 4.78 is 0. The Labute approximate surface area is 39.9 Å². The van der Waals surface area contributed by atoms with Crippen LogP contribution in [0.3, 0.4) is 0 Å². The number of rotatable bonds is 1. The van der Waals surface area contributed by atoms with E-state index in [1.165, 1.54) is 0 Å². The molecule has 0 aromatic heterocycles. The summed E-state index contributed by atoms with van der Waals surface area (Å²) in [4.78, 5) is 0. The summed E-state index contributed by atoms with van der Waals surface area (Å²) in [7, 11) is 0. The van der Waals surface area contributed by atoms with E-state index in [4.69, 9.17) is 10.4 Å². The SMILES string of the molecule is O.ON=CC=NO. The van der Waals surface area contributed by atoms with Crippen LogP contribution in [0.2, 0.25) is 0 Å². The number of hydrogen-bond donors (Lipinski definition) is 2. The molecule has 0 saturated carbocycles. The summed E-state index contributed by atoms with van der Waals surface area (Å²) in [5, 5.41) is 20.1. The molecule has 42 valence electrons. The Hall–Kier alpha value is -1.10. The van der Waals surface area contributed by atoms with Crippen LogP contribution in [-0.2, 0) is 0 Å². The lowest BCUT2D eigenvalue weighted by molar-refractivity contribution is 0.317. The minimum atomic E-state index is 0. The average Bonchev–Trinajstić information content (AvgIpc) is 1.61. The molecule has 0 rings (SSSR count). The molecule has 7 heavy (non-hydrogen) atoms. The zero-order valence-corrected chi connectivity index (χ0v) is 3.44. The molecule has 0 saturated heterocycles. The van der Waals surface area contributed by atoms with Gasteiger partial charge in [-0.15, -0.1) is 0 Å². The van der Waals surface area contributed by atoms with E-state index >= 15 is 0 Å². The van der Waals surface area contributed by atoms with Gasteiger partial charge >= 0.3 is 0 Å². The van der Waals surface area contributed by atoms with Crippen LogP contribution in [0.4, 0.5) is 0 Å². The summed E-state index contributed by atoms with van der Waals surface area (Å²) in [6.07, 6.45) is 1.89. The predicted molar refractivity (Wildman–Crippen MR) is 24.2 cm³/mol. The van der Waals surface area contributed by atoms with Crippen LogP contribution in [0.5, 0.6) is 0 Å². The van der Waals surface area contributed by atoms with Crippen molar-refractivity contribution in [1.82, 2.24) is 0 Å². The Morgan fingerprint density at radius 3 is 1.43 bits per heavy atom. The Kier molecular flexibility index (Phi) is 11.8. The lowest BCUT2D eigenvalue weighted by atomic mass is 10.8. The van der Waals surface area contributed by atoms with E-state index in [2.05, 4.69) is 10.3 Å². The van der Waals surface area contributed by atoms with E-state index in [1.807, 2.05) is 0 Å². The van der Waals surface area contributed by atoms with Gasteiger partial charge in [0.1, 0.15) is 0 Å². The minimum absolute atomic E-state index is 0. The van der Waals surface area contributed by atoms with Gasteiger partial charge in [-0.3, -0.25) is 0 Å². The van der Waals surface area contributed by atoms with E-state index in [-0.39, 0.29) is 5.48 Å². The zero-order valence-electron chi connectivity index (χ0n) is 3.44. The normalized spacial score (nSPS) is 9.71. The first-order valence-corrected chi connectivity index (χ1v) is 1.25. The van der Waals surface area contributed by atoms with E-state index in [1.54, 1.807) is 0 Å². The van der Waals surface area contributed by atoms with Crippen molar-refractivity contribution in [2.45, 2.75) is 0 Å². The van der Waals surface area contributed by atoms with Gasteiger partial charge in [0.05, 0.1) is 12.4 Å². The fourth-order valence-corrected chi connectivity index (χ4v) is 0.0596. The first kappa shape index (κ1) is 9.31. The molecule has 0 bridgehead atoms. The molecule has 5 nitrogen and oxygen atoms in total. The van der Waals surface area contributed by atoms with Gasteiger partial charge in [-0.25, -0.2) is 0 Å². The van der Waals surface area contributed by atoms with E-state index in [0.717, 1.165) is 12.4 Å². The predicted octanol–water partition coefficient (Wildman–Crippen LogP) is -0.918. The first-order valence-electron chi connectivity index (χ1n) is 1.25. The monoisotopic (exact) mass is 106 g/mol. The van der Waals surface area contributed by atoms with Crippen molar-refractivity contribution >= 4 is 12.4 Å². The van der Waals surface area contributed by atoms with Crippen LogP contribution in [0, 0.1) is 0 Å². The van der Waals surface area contributed by atoms with Gasteiger partial charge in [-0.2, -0.15) is 0 Å². The molecule has 4 N–H and O–H groups in total. The maximum atomic E-state index is 7.56. The van der Waals surface area contributed by atoms with Crippen LogP contribution in [0.25, 0.3) is 0 Å². The second-order valence-corrected chi connectivity index (χ2v) is 0.529. The average molecular weight is 106 g/mol. The third-order valence-corrected chi connectivity index (χ3v) is 0.200. The summed E-state index contributed by atoms with van der Waals surface area (Å²) in [5.41, 5.74) is 0. The second-order valence-electron chi connectivity index (χ2n) is 0.529. The number of hydrogen-bond acceptors (Lipinski definition) is 4. The zero-order chi connectivity index (χ0) is 4.83. The van der Waals surface area contributed by atoms with Crippen LogP contribution in [0.1, 0.15) is 0 Å². The molecule has 0 heterocycles. The van der Waals surface area contributed by atoms with Gasteiger partial charge < -0.3 is 15.9 Å². The molecule has 5 heteroatoms. The highest BCUT2D eigenvalue weighted by Gasteiger charge is 1.54. The van der Waals surface area contributed by atoms with Gasteiger partial charge in [0.2, 0.25) is 0 Å². The van der Waals surface area contributed by atoms with E-state index < -0.39 is 0 Å². The summed E-state index contributed by atoms with van der Waals surface area (Å²) >= 11 is 0. The Morgan fingerprint density at radius 2 is 1.29 bits per heavy atom. The molecule has 0 spiro atoms. The Balaban J connectivity index is 0. The maximum Gasteiger partial charge on any atom is 0.0877 e. The third-order valence-electron chi connectivity index (χ3n) is 0.200. The summed E-state index contributed by atoms with van der Waals surface area (Å²) in [6, 6.07) is 0. The highest BCUT2D eigenvalue weighted by atomic mass is 16.4. The lowest BCUT2D eigenvalue weighted by Gasteiger charge is -1.62. The topological polar surface area (TPSA) is 96.7 Å². The minimum Gasteiger partial charge on any atom is -0.412 e. The van der Waals surface area contributed by atoms with Crippen LogP contribution in [-0.4, -0.2) is 28.3 Å². The number of nitrogens with zero attached hydrogens (tertiary/aromatic N) is 2. The fourth-order valence-electron chi connectivity index (χ4n) is 0.0596.